The van der Waals surface area contributed by atoms with Gasteiger partial charge < -0.3 is 9.80 Å². The molecule has 0 spiro atoms. The van der Waals surface area contributed by atoms with Crippen LogP contribution in [0.25, 0.3) is 0 Å². The number of amides is 1. The maximum absolute atomic E-state index is 14.5. The third-order valence-electron chi connectivity index (χ3n) is 7.13. The summed E-state index contributed by atoms with van der Waals surface area (Å²) in [7, 11) is 2.10. The fourth-order valence-corrected chi connectivity index (χ4v) is 5.28. The molecule has 4 nitrogen and oxygen atoms in total. The van der Waals surface area contributed by atoms with Crippen molar-refractivity contribution in [2.45, 2.75) is 45.4 Å². The summed E-state index contributed by atoms with van der Waals surface area (Å²) in [5, 5.41) is 0. The van der Waals surface area contributed by atoms with E-state index in [-0.39, 0.29) is 11.7 Å². The number of aryl methyl sites for hydroxylation is 1. The lowest BCUT2D eigenvalue weighted by Crippen LogP contribution is -2.53. The minimum Gasteiger partial charge on any atom is -0.342 e. The number of piperidine rings is 2. The molecule has 166 valence electrons. The third-order valence-corrected chi connectivity index (χ3v) is 7.13. The van der Waals surface area contributed by atoms with Gasteiger partial charge in [0.25, 0.3) is 0 Å². The Morgan fingerprint density at radius 1 is 1.13 bits per heavy atom. The van der Waals surface area contributed by atoms with Gasteiger partial charge in [0.1, 0.15) is 5.82 Å². The third kappa shape index (κ3) is 5.15. The van der Waals surface area contributed by atoms with Gasteiger partial charge in [-0.05, 0) is 95.3 Å². The Bertz CT molecular complexity index is 907. The first-order valence-electron chi connectivity index (χ1n) is 11.6. The van der Waals surface area contributed by atoms with Crippen LogP contribution in [0.2, 0.25) is 0 Å². The molecule has 0 aliphatic carbocycles. The first-order chi connectivity index (χ1) is 14.9. The van der Waals surface area contributed by atoms with E-state index in [9.17, 15) is 9.18 Å². The number of pyridine rings is 1. The highest BCUT2D eigenvalue weighted by Gasteiger charge is 2.44. The van der Waals surface area contributed by atoms with E-state index < -0.39 is 5.41 Å². The van der Waals surface area contributed by atoms with Crippen molar-refractivity contribution in [2.75, 3.05) is 33.2 Å². The smallest absolute Gasteiger partial charge is 0.229 e. The molecule has 1 atom stereocenters. The number of aromatic nitrogens is 1. The molecule has 3 heterocycles. The van der Waals surface area contributed by atoms with Gasteiger partial charge in [0.15, 0.2) is 0 Å². The van der Waals surface area contributed by atoms with Crippen LogP contribution in [0, 0.1) is 24.1 Å². The van der Waals surface area contributed by atoms with E-state index in [2.05, 4.69) is 34.0 Å². The van der Waals surface area contributed by atoms with Crippen LogP contribution in [-0.2, 0) is 17.6 Å². The lowest BCUT2D eigenvalue weighted by Gasteiger charge is -2.44. The monoisotopic (exact) mass is 423 g/mol. The summed E-state index contributed by atoms with van der Waals surface area (Å²) in [6.07, 6.45) is 5.14. The Hall–Kier alpha value is -2.27. The zero-order chi connectivity index (χ0) is 21.8. The van der Waals surface area contributed by atoms with E-state index in [0.717, 1.165) is 69.7 Å². The molecule has 1 amide bonds. The molecule has 31 heavy (non-hydrogen) atoms. The summed E-state index contributed by atoms with van der Waals surface area (Å²) in [5.74, 6) is 0.463. The van der Waals surface area contributed by atoms with Gasteiger partial charge in [0.2, 0.25) is 5.91 Å². The summed E-state index contributed by atoms with van der Waals surface area (Å²) in [5.41, 5.74) is 2.31. The highest BCUT2D eigenvalue weighted by molar-refractivity contribution is 5.83. The van der Waals surface area contributed by atoms with Crippen LogP contribution in [0.4, 0.5) is 4.39 Å². The molecule has 2 aliphatic heterocycles. The predicted octanol–water partition coefficient (Wildman–Crippen LogP) is 4.26. The van der Waals surface area contributed by atoms with Crippen molar-refractivity contribution in [1.29, 1.82) is 0 Å². The van der Waals surface area contributed by atoms with E-state index in [4.69, 9.17) is 0 Å². The number of hydrogen-bond acceptors (Lipinski definition) is 3. The maximum atomic E-state index is 14.5. The summed E-state index contributed by atoms with van der Waals surface area (Å²) in [6.45, 7) is 5.37. The number of hydrogen-bond donors (Lipinski definition) is 0. The second kappa shape index (κ2) is 9.47. The van der Waals surface area contributed by atoms with Crippen molar-refractivity contribution >= 4 is 5.91 Å². The average molecular weight is 424 g/mol. The molecule has 2 fully saturated rings. The number of nitrogens with zero attached hydrogens (tertiary/aromatic N) is 3. The molecule has 0 N–H and O–H groups in total. The van der Waals surface area contributed by atoms with Crippen molar-refractivity contribution in [2.24, 2.45) is 11.3 Å². The van der Waals surface area contributed by atoms with Gasteiger partial charge in [-0.2, -0.15) is 0 Å². The first kappa shape index (κ1) is 21.9. The zero-order valence-electron chi connectivity index (χ0n) is 18.8. The number of benzene rings is 1. The molecule has 2 aliphatic rings. The van der Waals surface area contributed by atoms with Crippen molar-refractivity contribution in [1.82, 2.24) is 14.8 Å². The molecule has 1 aromatic heterocycles. The first-order valence-corrected chi connectivity index (χ1v) is 11.6. The number of carbonyl (C=O) groups excluding carboxylic acids is 1. The number of rotatable bonds is 5. The van der Waals surface area contributed by atoms with Crippen LogP contribution >= 0.6 is 0 Å². The Morgan fingerprint density at radius 2 is 1.90 bits per heavy atom. The van der Waals surface area contributed by atoms with E-state index >= 15 is 0 Å². The van der Waals surface area contributed by atoms with Gasteiger partial charge in [0.05, 0.1) is 5.41 Å². The minimum absolute atomic E-state index is 0.198. The Labute approximate surface area is 185 Å². The van der Waals surface area contributed by atoms with Crippen LogP contribution in [0.5, 0.6) is 0 Å². The summed E-state index contributed by atoms with van der Waals surface area (Å²) >= 11 is 0. The second-order valence-electron chi connectivity index (χ2n) is 9.59. The highest BCUT2D eigenvalue weighted by Crippen LogP contribution is 2.38. The summed E-state index contributed by atoms with van der Waals surface area (Å²) in [4.78, 5) is 22.9. The lowest BCUT2D eigenvalue weighted by molar-refractivity contribution is -0.147. The van der Waals surface area contributed by atoms with Crippen LogP contribution < -0.4 is 0 Å². The maximum Gasteiger partial charge on any atom is 0.229 e. The fraction of sp³-hybridized carbons (Fsp3) is 0.538. The molecule has 2 saturated heterocycles. The zero-order valence-corrected chi connectivity index (χ0v) is 18.8. The van der Waals surface area contributed by atoms with Crippen LogP contribution in [0.15, 0.2) is 42.5 Å². The van der Waals surface area contributed by atoms with Gasteiger partial charge in [-0.1, -0.05) is 24.3 Å². The molecule has 5 heteroatoms. The van der Waals surface area contributed by atoms with Crippen LogP contribution in [0.3, 0.4) is 0 Å². The quantitative estimate of drug-likeness (QED) is 0.721. The van der Waals surface area contributed by atoms with Gasteiger partial charge in [-0.15, -0.1) is 0 Å². The Balaban J connectivity index is 1.51. The number of carbonyl (C=O) groups is 1. The topological polar surface area (TPSA) is 36.4 Å². The average Bonchev–Trinajstić information content (AvgIpc) is 2.77. The number of likely N-dealkylation sites (tertiary alicyclic amines) is 2. The molecule has 1 aromatic carbocycles. The molecule has 0 saturated carbocycles. The van der Waals surface area contributed by atoms with E-state index in [0.29, 0.717) is 17.9 Å². The molecule has 0 bridgehead atoms. The summed E-state index contributed by atoms with van der Waals surface area (Å²) < 4.78 is 14.5. The highest BCUT2D eigenvalue weighted by atomic mass is 19.1. The molecule has 0 radical (unpaired) electrons. The summed E-state index contributed by atoms with van der Waals surface area (Å²) in [6, 6.07) is 13.1. The van der Waals surface area contributed by atoms with E-state index in [1.165, 1.54) is 6.07 Å². The normalized spacial score (nSPS) is 21.8. The Kier molecular flexibility index (Phi) is 6.71. The lowest BCUT2D eigenvalue weighted by atomic mass is 9.72. The molecular formula is C26H34FN3O. The van der Waals surface area contributed by atoms with Crippen molar-refractivity contribution in [3.05, 3.63) is 65.2 Å². The molecule has 1 unspecified atom stereocenters. The second-order valence-corrected chi connectivity index (χ2v) is 9.59. The van der Waals surface area contributed by atoms with Crippen LogP contribution in [-0.4, -0.2) is 53.9 Å². The van der Waals surface area contributed by atoms with Crippen molar-refractivity contribution in [3.8, 4) is 0 Å². The van der Waals surface area contributed by atoms with Crippen LogP contribution in [0.1, 0.15) is 42.6 Å². The predicted molar refractivity (Wildman–Crippen MR) is 121 cm³/mol. The largest absolute Gasteiger partial charge is 0.342 e. The fourth-order valence-electron chi connectivity index (χ4n) is 5.28. The minimum atomic E-state index is -0.502. The van der Waals surface area contributed by atoms with Gasteiger partial charge in [0, 0.05) is 24.5 Å². The van der Waals surface area contributed by atoms with E-state index in [1.54, 1.807) is 6.07 Å². The van der Waals surface area contributed by atoms with Crippen molar-refractivity contribution < 1.29 is 9.18 Å². The molecule has 2 aromatic rings. The SMILES string of the molecule is Cc1cccc(CC2CCCN(C(=O)C3(Cc4ccccc4F)CCN(C)CC3)C2)n1. The Morgan fingerprint density at radius 3 is 2.65 bits per heavy atom. The molecular weight excluding hydrogens is 389 g/mol. The standard InChI is InChI=1S/C26H34FN3O/c1-20-7-5-10-23(28-20)17-21-8-6-14-30(19-21)25(31)26(12-15-29(2)16-13-26)18-22-9-3-4-11-24(22)27/h3-5,7,9-11,21H,6,8,12-19H2,1-2H3. The van der Waals surface area contributed by atoms with Gasteiger partial charge in [-0.25, -0.2) is 4.39 Å². The molecule has 4 rings (SSSR count). The number of halogens is 1. The van der Waals surface area contributed by atoms with Crippen molar-refractivity contribution in [3.63, 3.8) is 0 Å². The van der Waals surface area contributed by atoms with E-state index in [1.807, 2.05) is 25.1 Å². The van der Waals surface area contributed by atoms with Gasteiger partial charge in [-0.3, -0.25) is 9.78 Å². The van der Waals surface area contributed by atoms with Gasteiger partial charge >= 0.3 is 0 Å².